The van der Waals surface area contributed by atoms with Crippen LogP contribution in [0.5, 0.6) is 0 Å². The van der Waals surface area contributed by atoms with Gasteiger partial charge in [0.25, 0.3) is 0 Å². The lowest BCUT2D eigenvalue weighted by Crippen LogP contribution is -2.60. The summed E-state index contributed by atoms with van der Waals surface area (Å²) in [5.74, 6) is -6.66. The molecule has 0 saturated carbocycles. The molecule has 390 valence electrons. The Morgan fingerprint density at radius 2 is 1.11 bits per heavy atom. The van der Waals surface area contributed by atoms with Crippen LogP contribution in [-0.4, -0.2) is 157 Å². The highest BCUT2D eigenvalue weighted by molar-refractivity contribution is 5.98. The van der Waals surface area contributed by atoms with Crippen molar-refractivity contribution < 1.29 is 53.4 Å². The van der Waals surface area contributed by atoms with E-state index in [1.165, 1.54) is 43.1 Å². The van der Waals surface area contributed by atoms with E-state index in [0.29, 0.717) is 29.7 Å². The van der Waals surface area contributed by atoms with Gasteiger partial charge in [0.15, 0.2) is 0 Å². The average molecular weight is 1000 g/mol. The number of aliphatic hydroxyl groups is 1. The lowest BCUT2D eigenvalue weighted by Gasteiger charge is -2.32. The van der Waals surface area contributed by atoms with Crippen molar-refractivity contribution in [3.8, 4) is 0 Å². The molecule has 11 N–H and O–H groups in total. The molecule has 2 fully saturated rings. The molecule has 2 aliphatic rings. The third-order valence-electron chi connectivity index (χ3n) is 12.7. The van der Waals surface area contributed by atoms with Crippen LogP contribution in [0.1, 0.15) is 83.5 Å². The molecular weight excluding hydrogens is 931 g/mol. The summed E-state index contributed by atoms with van der Waals surface area (Å²) in [7, 11) is 0. The number of carboxylic acid groups (broad SMARTS) is 1. The molecule has 0 spiro atoms. The first-order valence-corrected chi connectivity index (χ1v) is 24.4. The summed E-state index contributed by atoms with van der Waals surface area (Å²) < 4.78 is 0. The molecule has 2 aliphatic heterocycles. The molecule has 0 aliphatic carbocycles. The van der Waals surface area contributed by atoms with E-state index in [9.17, 15) is 53.4 Å². The van der Waals surface area contributed by atoms with Gasteiger partial charge in [-0.2, -0.15) is 0 Å². The Hall–Kier alpha value is -7.20. The van der Waals surface area contributed by atoms with Crippen molar-refractivity contribution in [3.63, 3.8) is 0 Å². The Kier molecular flexibility index (Phi) is 20.4. The number of aromatic amines is 1. The number of carbonyl (C=O) groups excluding carboxylic acids is 8. The topological polar surface area (TPSA) is 327 Å². The number of carbonyl (C=O) groups is 9. The molecule has 0 bridgehead atoms. The van der Waals surface area contributed by atoms with Crippen molar-refractivity contribution in [2.45, 2.75) is 146 Å². The first-order chi connectivity index (χ1) is 34.2. The largest absolute Gasteiger partial charge is 0.480 e. The van der Waals surface area contributed by atoms with Crippen molar-refractivity contribution in [2.75, 3.05) is 13.1 Å². The number of nitrogens with two attached hydrogens (primary N) is 1. The minimum Gasteiger partial charge on any atom is -0.480 e. The van der Waals surface area contributed by atoms with Crippen LogP contribution in [0.25, 0.3) is 0 Å². The number of hydrogen-bond donors (Lipinski definition) is 10. The smallest absolute Gasteiger partial charge is 0.326 e. The minimum atomic E-state index is -1.29. The molecule has 2 aromatic carbocycles. The Labute approximate surface area is 418 Å². The minimum absolute atomic E-state index is 0.0115. The second-order valence-electron chi connectivity index (χ2n) is 19.0. The normalized spacial score (nSPS) is 18.8. The molecule has 72 heavy (non-hydrogen) atoms. The molecule has 2 saturated heterocycles. The number of rotatable bonds is 24. The number of likely N-dealkylation sites (tertiary alicyclic amines) is 2. The quantitative estimate of drug-likeness (QED) is 0.0527. The maximum absolute atomic E-state index is 14.7. The summed E-state index contributed by atoms with van der Waals surface area (Å²) in [6, 6.07) is 7.22. The molecule has 3 aromatic rings. The molecule has 22 heteroatoms. The van der Waals surface area contributed by atoms with Crippen LogP contribution in [0.15, 0.2) is 73.2 Å². The van der Waals surface area contributed by atoms with Gasteiger partial charge in [-0.15, -0.1) is 0 Å². The van der Waals surface area contributed by atoms with E-state index in [4.69, 9.17) is 5.73 Å². The van der Waals surface area contributed by atoms with Crippen molar-refractivity contribution in [2.24, 2.45) is 11.7 Å². The molecule has 22 nitrogen and oxygen atoms in total. The van der Waals surface area contributed by atoms with Crippen molar-refractivity contribution in [1.82, 2.24) is 51.7 Å². The SMILES string of the molecule is CC(C)C[C@H](NC(=O)[C@H](Cc1cnc[nH]1)NC(=O)[C@H](Cc1ccccc1)NC(=O)[C@@H]1CCCN1C(=O)[C@H](Cc1ccccc1)NC(=O)[C@@H]1CCCN1C(=O)[C@H](C)NC(=O)[C@H](C)NC(=O)[C@@H](N)[C@@H](C)O)C(=O)O. The van der Waals surface area contributed by atoms with Crippen LogP contribution in [0.2, 0.25) is 0 Å². The van der Waals surface area contributed by atoms with Crippen molar-refractivity contribution in [1.29, 1.82) is 0 Å². The number of benzene rings is 2. The number of carboxylic acids is 1. The van der Waals surface area contributed by atoms with E-state index in [1.54, 1.807) is 60.7 Å². The number of imidazole rings is 1. The molecule has 0 unspecified atom stereocenters. The summed E-state index contributed by atoms with van der Waals surface area (Å²) >= 11 is 0. The molecule has 1 aromatic heterocycles. The van der Waals surface area contributed by atoms with Crippen molar-refractivity contribution in [3.05, 3.63) is 90.0 Å². The highest BCUT2D eigenvalue weighted by atomic mass is 16.4. The average Bonchev–Trinajstić information content (AvgIpc) is 4.16. The number of hydrogen-bond acceptors (Lipinski definition) is 12. The van der Waals surface area contributed by atoms with Crippen LogP contribution in [0, 0.1) is 5.92 Å². The first-order valence-electron chi connectivity index (χ1n) is 24.4. The third-order valence-corrected chi connectivity index (χ3v) is 12.7. The number of aliphatic hydroxyl groups excluding tert-OH is 1. The Balaban J connectivity index is 1.32. The Bertz CT molecular complexity index is 2350. The molecule has 0 radical (unpaired) electrons. The predicted molar refractivity (Wildman–Crippen MR) is 262 cm³/mol. The van der Waals surface area contributed by atoms with Crippen LogP contribution in [0.4, 0.5) is 0 Å². The van der Waals surface area contributed by atoms with Crippen LogP contribution in [-0.2, 0) is 62.4 Å². The Morgan fingerprint density at radius 3 is 1.61 bits per heavy atom. The van der Waals surface area contributed by atoms with Gasteiger partial charge in [-0.1, -0.05) is 74.5 Å². The van der Waals surface area contributed by atoms with Gasteiger partial charge in [0.05, 0.1) is 12.4 Å². The molecule has 3 heterocycles. The Morgan fingerprint density at radius 1 is 0.625 bits per heavy atom. The maximum Gasteiger partial charge on any atom is 0.326 e. The summed E-state index contributed by atoms with van der Waals surface area (Å²) in [4.78, 5) is 132. The molecule has 8 amide bonds. The van der Waals surface area contributed by atoms with E-state index in [0.717, 1.165) is 0 Å². The van der Waals surface area contributed by atoms with Gasteiger partial charge in [0.1, 0.15) is 54.4 Å². The summed E-state index contributed by atoms with van der Waals surface area (Å²) in [6.07, 6.45) is 3.14. The highest BCUT2D eigenvalue weighted by Gasteiger charge is 2.42. The lowest BCUT2D eigenvalue weighted by molar-refractivity contribution is -0.144. The van der Waals surface area contributed by atoms with Gasteiger partial charge in [-0.3, -0.25) is 38.4 Å². The fraction of sp³-hybridized carbons (Fsp3) is 0.520. The zero-order valence-corrected chi connectivity index (χ0v) is 41.3. The van der Waals surface area contributed by atoms with Crippen LogP contribution in [0.3, 0.4) is 0 Å². The number of nitrogens with one attached hydrogen (secondary N) is 7. The fourth-order valence-corrected chi connectivity index (χ4v) is 8.76. The van der Waals surface area contributed by atoms with E-state index < -0.39 is 114 Å². The van der Waals surface area contributed by atoms with E-state index in [1.807, 2.05) is 13.8 Å². The van der Waals surface area contributed by atoms with Crippen molar-refractivity contribution >= 4 is 53.2 Å². The second-order valence-corrected chi connectivity index (χ2v) is 19.0. The van der Waals surface area contributed by atoms with Crippen LogP contribution < -0.4 is 37.6 Å². The summed E-state index contributed by atoms with van der Waals surface area (Å²) in [5, 5.41) is 35.5. The summed E-state index contributed by atoms with van der Waals surface area (Å²) in [6.45, 7) is 8.13. The zero-order chi connectivity index (χ0) is 52.6. The van der Waals surface area contributed by atoms with E-state index in [2.05, 4.69) is 41.9 Å². The van der Waals surface area contributed by atoms with E-state index in [-0.39, 0.29) is 57.5 Å². The number of amides is 8. The molecule has 10 atom stereocenters. The van der Waals surface area contributed by atoms with Crippen LogP contribution >= 0.6 is 0 Å². The maximum atomic E-state index is 14.7. The molecule has 5 rings (SSSR count). The predicted octanol–water partition coefficient (Wildman–Crippen LogP) is -0.793. The number of aliphatic carboxylic acids is 1. The number of nitrogens with zero attached hydrogens (tertiary/aromatic N) is 3. The monoisotopic (exact) mass is 1000 g/mol. The third kappa shape index (κ3) is 15.6. The fourth-order valence-electron chi connectivity index (χ4n) is 8.76. The van der Waals surface area contributed by atoms with Gasteiger partial charge < -0.3 is 62.6 Å². The first kappa shape index (κ1) is 55.7. The molecular formula is C50H69N11O11. The van der Waals surface area contributed by atoms with Gasteiger partial charge in [0, 0.05) is 44.2 Å². The summed E-state index contributed by atoms with van der Waals surface area (Å²) in [5.41, 5.74) is 7.53. The highest BCUT2D eigenvalue weighted by Crippen LogP contribution is 2.23. The zero-order valence-electron chi connectivity index (χ0n) is 41.3. The number of H-pyrrole nitrogens is 1. The van der Waals surface area contributed by atoms with Gasteiger partial charge >= 0.3 is 5.97 Å². The van der Waals surface area contributed by atoms with E-state index >= 15 is 0 Å². The number of aromatic nitrogens is 2. The van der Waals surface area contributed by atoms with Gasteiger partial charge in [0.2, 0.25) is 47.3 Å². The lowest BCUT2D eigenvalue weighted by atomic mass is 10.0. The van der Waals surface area contributed by atoms with Gasteiger partial charge in [-0.05, 0) is 69.9 Å². The van der Waals surface area contributed by atoms with Gasteiger partial charge in [-0.25, -0.2) is 9.78 Å². The second kappa shape index (κ2) is 26.3. The standard InChI is InChI=1S/C50H69N11O11/c1-28(2)22-38(50(71)72)59-44(65)36(25-34-26-52-27-53-34)56-43(64)35(23-32-14-8-6-9-15-32)57-45(66)40-19-13-21-61(40)49(70)37(24-33-16-10-7-11-17-33)58-46(67)39-18-12-20-60(39)48(69)30(4)55-42(63)29(3)54-47(68)41(51)31(5)62/h6-11,14-17,26-31,35-41,62H,12-13,18-25,51H2,1-5H3,(H,52,53)(H,54,68)(H,55,63)(H,56,64)(H,57,66)(H,58,67)(H,59,65)(H,71,72)/t29-,30-,31+,35-,36-,37-,38-,39-,40-,41-/m0/s1.